The van der Waals surface area contributed by atoms with E-state index in [1.165, 1.54) is 5.56 Å². The largest absolute Gasteiger partial charge is 0.490 e. The molecule has 1 heterocycles. The minimum atomic E-state index is -0.384. The minimum Gasteiger partial charge on any atom is -0.490 e. The number of ether oxygens (including phenoxy) is 2. The predicted molar refractivity (Wildman–Crippen MR) is 165 cm³/mol. The summed E-state index contributed by atoms with van der Waals surface area (Å²) in [5.74, 6) is 1.14. The minimum absolute atomic E-state index is 0.148. The number of carbonyl (C=O) groups is 2. The van der Waals surface area contributed by atoms with Gasteiger partial charge in [-0.3, -0.25) is 9.59 Å². The number of ketones is 2. The van der Waals surface area contributed by atoms with Crippen molar-refractivity contribution in [1.29, 1.82) is 0 Å². The highest BCUT2D eigenvalue weighted by molar-refractivity contribution is 6.30. The molecule has 3 aromatic rings. The lowest BCUT2D eigenvalue weighted by Crippen LogP contribution is -2.39. The number of hydrogen-bond acceptors (Lipinski definition) is 5. The average Bonchev–Trinajstić information content (AvgIpc) is 3.00. The molecule has 5 nitrogen and oxygen atoms in total. The van der Waals surface area contributed by atoms with E-state index in [1.54, 1.807) is 0 Å². The molecule has 0 fully saturated rings. The van der Waals surface area contributed by atoms with Gasteiger partial charge < -0.3 is 14.4 Å². The molecule has 1 aliphatic heterocycles. The Labute approximate surface area is 252 Å². The van der Waals surface area contributed by atoms with Crippen LogP contribution >= 0.6 is 11.6 Å². The first-order valence-electron chi connectivity index (χ1n) is 15.0. The van der Waals surface area contributed by atoms with E-state index in [0.29, 0.717) is 42.6 Å². The third-order valence-corrected chi connectivity index (χ3v) is 8.67. The molecule has 42 heavy (non-hydrogen) atoms. The fourth-order valence-electron chi connectivity index (χ4n) is 6.58. The van der Waals surface area contributed by atoms with Gasteiger partial charge in [0.05, 0.1) is 6.61 Å². The molecule has 216 valence electrons. The van der Waals surface area contributed by atoms with Gasteiger partial charge in [-0.2, -0.15) is 0 Å². The number of hydrogen-bond donors (Lipinski definition) is 0. The van der Waals surface area contributed by atoms with Crippen molar-refractivity contribution in [2.45, 2.75) is 64.4 Å². The zero-order valence-electron chi connectivity index (χ0n) is 24.0. The summed E-state index contributed by atoms with van der Waals surface area (Å²) in [5, 5.41) is 0.661. The van der Waals surface area contributed by atoms with Crippen LogP contribution in [0.3, 0.4) is 0 Å². The van der Waals surface area contributed by atoms with Crippen molar-refractivity contribution in [3.8, 4) is 11.5 Å². The second kappa shape index (κ2) is 12.6. The summed E-state index contributed by atoms with van der Waals surface area (Å²) in [6.45, 7) is 3.51. The number of nitrogens with zero attached hydrogens (tertiary/aromatic N) is 1. The molecular formula is C36H36ClNO4. The third kappa shape index (κ3) is 5.76. The second-order valence-electron chi connectivity index (χ2n) is 11.2. The Bertz CT molecular complexity index is 1510. The first-order chi connectivity index (χ1) is 20.5. The predicted octanol–water partition coefficient (Wildman–Crippen LogP) is 7.97. The number of allylic oxidation sites excluding steroid dienone is 4. The quantitative estimate of drug-likeness (QED) is 0.256. The van der Waals surface area contributed by atoms with E-state index in [0.717, 1.165) is 72.3 Å². The Kier molecular flexibility index (Phi) is 8.48. The van der Waals surface area contributed by atoms with Crippen molar-refractivity contribution < 1.29 is 19.1 Å². The maximum Gasteiger partial charge on any atom is 0.161 e. The Morgan fingerprint density at radius 2 is 1.45 bits per heavy atom. The van der Waals surface area contributed by atoms with Crippen LogP contribution in [0.1, 0.15) is 68.1 Å². The first kappa shape index (κ1) is 28.3. The van der Waals surface area contributed by atoms with Gasteiger partial charge in [0, 0.05) is 52.9 Å². The molecule has 0 spiro atoms. The Hall–Kier alpha value is -3.83. The molecule has 0 amide bonds. The Morgan fingerprint density at radius 1 is 0.762 bits per heavy atom. The van der Waals surface area contributed by atoms with E-state index in [9.17, 15) is 9.59 Å². The fourth-order valence-corrected chi connectivity index (χ4v) is 6.80. The van der Waals surface area contributed by atoms with Crippen LogP contribution in [-0.4, -0.2) is 29.6 Å². The van der Waals surface area contributed by atoms with E-state index in [-0.39, 0.29) is 17.5 Å². The molecule has 6 heteroatoms. The van der Waals surface area contributed by atoms with E-state index < -0.39 is 0 Å². The average molecular weight is 582 g/mol. The van der Waals surface area contributed by atoms with Crippen molar-refractivity contribution in [2.24, 2.45) is 0 Å². The summed E-state index contributed by atoms with van der Waals surface area (Å²) >= 11 is 6.16. The molecule has 3 aromatic carbocycles. The van der Waals surface area contributed by atoms with Crippen LogP contribution in [0, 0.1) is 0 Å². The lowest BCUT2D eigenvalue weighted by molar-refractivity contribution is -0.117. The summed E-state index contributed by atoms with van der Waals surface area (Å²) in [4.78, 5) is 29.7. The fraction of sp³-hybridized carbons (Fsp3) is 0.333. The van der Waals surface area contributed by atoms with Crippen LogP contribution in [-0.2, 0) is 22.6 Å². The van der Waals surface area contributed by atoms with Gasteiger partial charge in [0.2, 0.25) is 0 Å². The van der Waals surface area contributed by atoms with E-state index in [4.69, 9.17) is 21.1 Å². The van der Waals surface area contributed by atoms with Gasteiger partial charge in [-0.05, 0) is 80.0 Å². The summed E-state index contributed by atoms with van der Waals surface area (Å²) in [7, 11) is 0. The summed E-state index contributed by atoms with van der Waals surface area (Å²) < 4.78 is 12.2. The van der Waals surface area contributed by atoms with Crippen molar-refractivity contribution >= 4 is 23.2 Å². The third-order valence-electron chi connectivity index (χ3n) is 8.44. The highest BCUT2D eigenvalue weighted by Gasteiger charge is 2.43. The lowest BCUT2D eigenvalue weighted by Gasteiger charge is -2.44. The van der Waals surface area contributed by atoms with Gasteiger partial charge in [0.1, 0.15) is 6.61 Å². The zero-order valence-corrected chi connectivity index (χ0v) is 24.8. The van der Waals surface area contributed by atoms with E-state index in [1.807, 2.05) is 55.5 Å². The molecule has 0 unspecified atom stereocenters. The SMILES string of the molecule is CCOc1cc(C2C3=C(CCCC3=O)N(CCc3ccccc3)C3=C2C(=O)CCC3)ccc1OCc1cccc(Cl)c1. The van der Waals surface area contributed by atoms with Crippen LogP contribution in [0.25, 0.3) is 0 Å². The van der Waals surface area contributed by atoms with Crippen LogP contribution in [0.15, 0.2) is 95.3 Å². The zero-order chi connectivity index (χ0) is 29.1. The van der Waals surface area contributed by atoms with Crippen molar-refractivity contribution in [1.82, 2.24) is 4.90 Å². The summed E-state index contributed by atoms with van der Waals surface area (Å²) in [5.41, 5.74) is 6.89. The standard InChI is InChI=1S/C36H36ClNO4/c1-2-41-33-22-26(17-18-32(33)42-23-25-11-6-12-27(37)21-25)34-35-28(13-7-15-30(35)39)38(20-19-24-9-4-3-5-10-24)29-14-8-16-31(40)36(29)34/h3-6,9-12,17-18,21-22,34H,2,7-8,13-16,19-20,23H2,1H3. The second-order valence-corrected chi connectivity index (χ2v) is 11.6. The molecular weight excluding hydrogens is 546 g/mol. The molecule has 0 atom stereocenters. The monoisotopic (exact) mass is 581 g/mol. The highest BCUT2D eigenvalue weighted by Crippen LogP contribution is 2.50. The van der Waals surface area contributed by atoms with Crippen LogP contribution < -0.4 is 9.47 Å². The van der Waals surface area contributed by atoms with Crippen molar-refractivity contribution in [2.75, 3.05) is 13.2 Å². The van der Waals surface area contributed by atoms with E-state index >= 15 is 0 Å². The molecule has 3 aliphatic rings. The molecule has 6 rings (SSSR count). The summed E-state index contributed by atoms with van der Waals surface area (Å²) in [6.07, 6.45) is 5.24. The number of benzene rings is 3. The first-order valence-corrected chi connectivity index (χ1v) is 15.4. The highest BCUT2D eigenvalue weighted by atomic mass is 35.5. The molecule has 0 radical (unpaired) electrons. The number of carbonyl (C=O) groups excluding carboxylic acids is 2. The van der Waals surface area contributed by atoms with Crippen LogP contribution in [0.2, 0.25) is 5.02 Å². The van der Waals surface area contributed by atoms with E-state index in [2.05, 4.69) is 29.2 Å². The van der Waals surface area contributed by atoms with Gasteiger partial charge in [-0.15, -0.1) is 0 Å². The molecule has 0 aromatic heterocycles. The van der Waals surface area contributed by atoms with Gasteiger partial charge >= 0.3 is 0 Å². The molecule has 0 saturated heterocycles. The van der Waals surface area contributed by atoms with Gasteiger partial charge in [-0.25, -0.2) is 0 Å². The normalized spacial score (nSPS) is 17.3. The Morgan fingerprint density at radius 3 is 2.12 bits per heavy atom. The van der Waals surface area contributed by atoms with Crippen molar-refractivity contribution in [3.05, 3.63) is 117 Å². The molecule has 0 bridgehead atoms. The number of halogens is 1. The maximum atomic E-state index is 13.7. The lowest BCUT2D eigenvalue weighted by atomic mass is 9.71. The summed E-state index contributed by atoms with van der Waals surface area (Å²) in [6, 6.07) is 23.9. The van der Waals surface area contributed by atoms with Gasteiger partial charge in [0.25, 0.3) is 0 Å². The number of Topliss-reactive ketones (excluding diaryl/α,β-unsaturated/α-hetero) is 2. The van der Waals surface area contributed by atoms with Gasteiger partial charge in [0.15, 0.2) is 23.1 Å². The van der Waals surface area contributed by atoms with Crippen LogP contribution in [0.4, 0.5) is 0 Å². The number of rotatable bonds is 9. The Balaban J connectivity index is 1.39. The maximum absolute atomic E-state index is 13.7. The van der Waals surface area contributed by atoms with Gasteiger partial charge in [-0.1, -0.05) is 60.1 Å². The van der Waals surface area contributed by atoms with Crippen LogP contribution in [0.5, 0.6) is 11.5 Å². The molecule has 0 saturated carbocycles. The smallest absolute Gasteiger partial charge is 0.161 e. The molecule has 0 N–H and O–H groups in total. The topological polar surface area (TPSA) is 55.8 Å². The molecule has 2 aliphatic carbocycles. The van der Waals surface area contributed by atoms with Crippen molar-refractivity contribution in [3.63, 3.8) is 0 Å².